The number of nitrogens with zero attached hydrogens (tertiary/aromatic N) is 3. The van der Waals surface area contributed by atoms with Crippen molar-refractivity contribution >= 4 is 29.1 Å². The van der Waals surface area contributed by atoms with Gasteiger partial charge in [0.1, 0.15) is 5.82 Å². The summed E-state index contributed by atoms with van der Waals surface area (Å²) in [6, 6.07) is 10.6. The molecule has 8 nitrogen and oxygen atoms in total. The zero-order valence-electron chi connectivity index (χ0n) is 16.4. The van der Waals surface area contributed by atoms with Crippen LogP contribution in [0.25, 0.3) is 11.5 Å². The van der Waals surface area contributed by atoms with Crippen molar-refractivity contribution in [3.63, 3.8) is 0 Å². The first kappa shape index (κ1) is 21.0. The molecule has 1 fully saturated rings. The summed E-state index contributed by atoms with van der Waals surface area (Å²) in [7, 11) is 0. The highest BCUT2D eigenvalue weighted by Crippen LogP contribution is 2.30. The van der Waals surface area contributed by atoms with Gasteiger partial charge in [0.25, 0.3) is 11.8 Å². The lowest BCUT2D eigenvalue weighted by Crippen LogP contribution is -2.52. The lowest BCUT2D eigenvalue weighted by atomic mass is 10.0. The highest BCUT2D eigenvalue weighted by atomic mass is 35.5. The first-order valence-corrected chi connectivity index (χ1v) is 9.82. The third-order valence-corrected chi connectivity index (χ3v) is 5.22. The number of halogens is 2. The van der Waals surface area contributed by atoms with Crippen LogP contribution in [0.15, 0.2) is 46.9 Å². The highest BCUT2D eigenvalue weighted by Gasteiger charge is 2.51. The second-order valence-electron chi connectivity index (χ2n) is 7.20. The number of carbonyl (C=O) groups excluding carboxylic acids is 2. The van der Waals surface area contributed by atoms with Gasteiger partial charge in [-0.25, -0.2) is 4.39 Å². The molecule has 1 saturated heterocycles. The number of aliphatic hydroxyl groups is 1. The second-order valence-corrected chi connectivity index (χ2v) is 7.64. The van der Waals surface area contributed by atoms with Gasteiger partial charge in [0, 0.05) is 42.7 Å². The molecule has 160 valence electrons. The molecule has 31 heavy (non-hydrogen) atoms. The predicted octanol–water partition coefficient (Wildman–Crippen LogP) is 2.62. The van der Waals surface area contributed by atoms with E-state index in [1.807, 2.05) is 0 Å². The molecule has 10 heteroatoms. The van der Waals surface area contributed by atoms with Gasteiger partial charge >= 0.3 is 0 Å². The number of hydrogen-bond acceptors (Lipinski definition) is 6. The Morgan fingerprint density at radius 3 is 2.68 bits per heavy atom. The van der Waals surface area contributed by atoms with E-state index in [4.69, 9.17) is 16.0 Å². The number of aromatic nitrogens is 2. The van der Waals surface area contributed by atoms with Gasteiger partial charge in [0.2, 0.25) is 17.4 Å². The van der Waals surface area contributed by atoms with E-state index in [2.05, 4.69) is 15.5 Å². The Morgan fingerprint density at radius 2 is 2.03 bits per heavy atom. The van der Waals surface area contributed by atoms with Crippen LogP contribution in [0.4, 0.5) is 10.1 Å². The summed E-state index contributed by atoms with van der Waals surface area (Å²) < 4.78 is 18.8. The number of carbonyl (C=O) groups is 2. The van der Waals surface area contributed by atoms with E-state index in [-0.39, 0.29) is 24.5 Å². The van der Waals surface area contributed by atoms with Crippen LogP contribution in [0.3, 0.4) is 0 Å². The highest BCUT2D eigenvalue weighted by molar-refractivity contribution is 6.30. The van der Waals surface area contributed by atoms with Gasteiger partial charge in [-0.05, 0) is 48.0 Å². The van der Waals surface area contributed by atoms with Crippen molar-refractivity contribution in [3.05, 3.63) is 64.8 Å². The van der Waals surface area contributed by atoms with Gasteiger partial charge < -0.3 is 19.7 Å². The lowest BCUT2D eigenvalue weighted by Gasteiger charge is -2.22. The Balaban J connectivity index is 1.45. The molecule has 2 amide bonds. The summed E-state index contributed by atoms with van der Waals surface area (Å²) in [6.07, 6.45) is -0.0772. The summed E-state index contributed by atoms with van der Waals surface area (Å²) in [6.45, 7) is 1.76. The number of hydrogen-bond donors (Lipinski definition) is 2. The van der Waals surface area contributed by atoms with Gasteiger partial charge in [0.05, 0.1) is 0 Å². The molecule has 1 aliphatic heterocycles. The van der Waals surface area contributed by atoms with E-state index < -0.39 is 23.2 Å². The Kier molecular flexibility index (Phi) is 5.47. The Bertz CT molecular complexity index is 1130. The molecule has 2 N–H and O–H groups in total. The van der Waals surface area contributed by atoms with E-state index in [0.29, 0.717) is 28.6 Å². The molecule has 2 aromatic carbocycles. The fraction of sp³-hybridized carbons (Fsp3) is 0.238. The molecule has 0 bridgehead atoms. The van der Waals surface area contributed by atoms with Crippen molar-refractivity contribution in [3.8, 4) is 11.5 Å². The zero-order chi connectivity index (χ0) is 22.2. The Hall–Kier alpha value is -3.30. The number of rotatable bonds is 5. The summed E-state index contributed by atoms with van der Waals surface area (Å²) >= 11 is 5.81. The molecule has 0 unspecified atom stereocenters. The van der Waals surface area contributed by atoms with Gasteiger partial charge in [0.15, 0.2) is 0 Å². The Morgan fingerprint density at radius 1 is 1.29 bits per heavy atom. The molecule has 0 aliphatic carbocycles. The maximum atomic E-state index is 13.4. The molecule has 0 spiro atoms. The molecule has 3 aromatic rings. The molecule has 1 atom stereocenters. The van der Waals surface area contributed by atoms with Crippen molar-refractivity contribution in [2.24, 2.45) is 0 Å². The van der Waals surface area contributed by atoms with Gasteiger partial charge in [-0.15, -0.1) is 10.2 Å². The molecular formula is C21H18ClFN4O4. The quantitative estimate of drug-likeness (QED) is 0.585. The van der Waals surface area contributed by atoms with Crippen molar-refractivity contribution in [1.29, 1.82) is 0 Å². The van der Waals surface area contributed by atoms with Crippen LogP contribution < -0.4 is 10.2 Å². The minimum Gasteiger partial charge on any atom is -0.421 e. The zero-order valence-corrected chi connectivity index (χ0v) is 17.2. The van der Waals surface area contributed by atoms with Crippen LogP contribution in [0, 0.1) is 12.7 Å². The number of amides is 2. The van der Waals surface area contributed by atoms with E-state index in [1.54, 1.807) is 31.2 Å². The first-order valence-electron chi connectivity index (χ1n) is 9.44. The van der Waals surface area contributed by atoms with Crippen LogP contribution in [0.2, 0.25) is 5.02 Å². The molecule has 0 saturated carbocycles. The monoisotopic (exact) mass is 444 g/mol. The molecule has 4 rings (SSSR count). The maximum absolute atomic E-state index is 13.4. The third kappa shape index (κ3) is 4.14. The molecule has 1 aromatic heterocycles. The minimum atomic E-state index is -2.21. The van der Waals surface area contributed by atoms with Gasteiger partial charge in [-0.3, -0.25) is 9.59 Å². The largest absolute Gasteiger partial charge is 0.421 e. The Labute approximate surface area is 181 Å². The topological polar surface area (TPSA) is 109 Å². The summed E-state index contributed by atoms with van der Waals surface area (Å²) in [4.78, 5) is 26.8. The van der Waals surface area contributed by atoms with Crippen molar-refractivity contribution < 1.29 is 23.5 Å². The minimum absolute atomic E-state index is 0.0772. The van der Waals surface area contributed by atoms with Crippen molar-refractivity contribution in [2.45, 2.75) is 25.5 Å². The predicted molar refractivity (Wildman–Crippen MR) is 110 cm³/mol. The fourth-order valence-corrected chi connectivity index (χ4v) is 3.65. The molecule has 2 heterocycles. The summed E-state index contributed by atoms with van der Waals surface area (Å²) in [5, 5.41) is 21.1. The van der Waals surface area contributed by atoms with Gasteiger partial charge in [-0.2, -0.15) is 0 Å². The van der Waals surface area contributed by atoms with Crippen molar-refractivity contribution in [1.82, 2.24) is 15.5 Å². The first-order chi connectivity index (χ1) is 14.8. The van der Waals surface area contributed by atoms with E-state index in [0.717, 1.165) is 6.07 Å². The van der Waals surface area contributed by atoms with Crippen LogP contribution in [-0.4, -0.2) is 39.3 Å². The standard InChI is InChI=1S/C21H18ClFN4O4/c1-12-25-26-18(31-12)14-2-4-17(5-3-14)27-7-6-21(30,20(27)29)19(28)24-11-13-8-15(22)10-16(23)9-13/h2-5,8-10,30H,6-7,11H2,1H3,(H,24,28)/t21-/m0/s1. The van der Waals surface area contributed by atoms with E-state index >= 15 is 0 Å². The third-order valence-electron chi connectivity index (χ3n) is 5.00. The fourth-order valence-electron chi connectivity index (χ4n) is 3.40. The van der Waals surface area contributed by atoms with Crippen LogP contribution >= 0.6 is 11.6 Å². The normalized spacial score (nSPS) is 18.5. The van der Waals surface area contributed by atoms with E-state index in [9.17, 15) is 19.1 Å². The molecular weight excluding hydrogens is 427 g/mol. The van der Waals surface area contributed by atoms with Crippen LogP contribution in [0.1, 0.15) is 17.9 Å². The average Bonchev–Trinajstić information content (AvgIpc) is 3.30. The smallest absolute Gasteiger partial charge is 0.268 e. The van der Waals surface area contributed by atoms with Crippen molar-refractivity contribution in [2.75, 3.05) is 11.4 Å². The molecule has 1 aliphatic rings. The van der Waals surface area contributed by atoms with Crippen LogP contribution in [-0.2, 0) is 16.1 Å². The van der Waals surface area contributed by atoms with Gasteiger partial charge in [-0.1, -0.05) is 11.6 Å². The second kappa shape index (κ2) is 8.09. The van der Waals surface area contributed by atoms with E-state index in [1.165, 1.54) is 17.0 Å². The number of benzene rings is 2. The van der Waals surface area contributed by atoms with Crippen LogP contribution in [0.5, 0.6) is 0 Å². The lowest BCUT2D eigenvalue weighted by molar-refractivity contribution is -0.149. The number of aryl methyl sites for hydroxylation is 1. The summed E-state index contributed by atoms with van der Waals surface area (Å²) in [5.74, 6) is -1.34. The average molecular weight is 445 g/mol. The number of anilines is 1. The molecule has 0 radical (unpaired) electrons. The summed E-state index contributed by atoms with van der Waals surface area (Å²) in [5.41, 5.74) is -0.598. The SMILES string of the molecule is Cc1nnc(-c2ccc(N3CC[C@](O)(C(=O)NCc4cc(F)cc(Cl)c4)C3=O)cc2)o1. The number of nitrogens with one attached hydrogen (secondary N) is 1. The maximum Gasteiger partial charge on any atom is 0.268 e.